The van der Waals surface area contributed by atoms with Gasteiger partial charge >= 0.3 is 0 Å². The van der Waals surface area contributed by atoms with Gasteiger partial charge in [0.05, 0.1) is 17.9 Å². The van der Waals surface area contributed by atoms with Crippen molar-refractivity contribution in [1.29, 1.82) is 0 Å². The zero-order valence-electron chi connectivity index (χ0n) is 16.6. The average molecular weight is 386 g/mol. The van der Waals surface area contributed by atoms with Gasteiger partial charge in [-0.3, -0.25) is 9.59 Å². The predicted molar refractivity (Wildman–Crippen MR) is 104 cm³/mol. The number of carbonyl (C=O) groups excluding carboxylic acids is 2. The minimum Gasteiger partial charge on any atom is -0.347 e. The van der Waals surface area contributed by atoms with Gasteiger partial charge in [-0.25, -0.2) is 9.07 Å². The lowest BCUT2D eigenvalue weighted by Gasteiger charge is -2.37. The van der Waals surface area contributed by atoms with E-state index in [0.29, 0.717) is 12.8 Å². The molecule has 1 unspecified atom stereocenters. The maximum Gasteiger partial charge on any atom is 0.246 e. The molecule has 7 heteroatoms. The van der Waals surface area contributed by atoms with Crippen LogP contribution in [0.5, 0.6) is 0 Å². The third kappa shape index (κ3) is 4.08. The number of aromatic nitrogens is 2. The second-order valence-electron chi connectivity index (χ2n) is 7.59. The first-order valence-electron chi connectivity index (χ1n) is 9.72. The zero-order chi connectivity index (χ0) is 20.3. The van der Waals surface area contributed by atoms with Crippen molar-refractivity contribution in [3.8, 4) is 5.69 Å². The summed E-state index contributed by atoms with van der Waals surface area (Å²) in [5.74, 6) is -0.640. The van der Waals surface area contributed by atoms with Gasteiger partial charge in [-0.2, -0.15) is 5.10 Å². The molecule has 6 nitrogen and oxygen atoms in total. The maximum absolute atomic E-state index is 13.2. The number of nitrogens with one attached hydrogen (secondary N) is 2. The summed E-state index contributed by atoms with van der Waals surface area (Å²) in [7, 11) is 0. The largest absolute Gasteiger partial charge is 0.347 e. The monoisotopic (exact) mass is 386 g/mol. The smallest absolute Gasteiger partial charge is 0.246 e. The molecule has 150 valence electrons. The van der Waals surface area contributed by atoms with E-state index in [1.165, 1.54) is 19.1 Å². The van der Waals surface area contributed by atoms with Crippen LogP contribution in [0, 0.1) is 12.7 Å². The summed E-state index contributed by atoms with van der Waals surface area (Å²) in [6.45, 7) is 5.27. The molecule has 1 fully saturated rings. The molecule has 2 aromatic rings. The summed E-state index contributed by atoms with van der Waals surface area (Å²) < 4.78 is 14.9. The summed E-state index contributed by atoms with van der Waals surface area (Å²) in [4.78, 5) is 24.8. The number of nitrogens with zero attached hydrogens (tertiary/aromatic N) is 2. The molecule has 1 heterocycles. The van der Waals surface area contributed by atoms with E-state index in [1.807, 2.05) is 13.8 Å². The van der Waals surface area contributed by atoms with E-state index in [0.717, 1.165) is 36.2 Å². The van der Waals surface area contributed by atoms with Crippen molar-refractivity contribution in [2.45, 2.75) is 64.5 Å². The molecule has 1 atom stereocenters. The van der Waals surface area contributed by atoms with E-state index >= 15 is 0 Å². The van der Waals surface area contributed by atoms with Gasteiger partial charge in [0, 0.05) is 18.2 Å². The number of rotatable bonds is 5. The van der Waals surface area contributed by atoms with Gasteiger partial charge in [-0.05, 0) is 51.0 Å². The Morgan fingerprint density at radius 3 is 2.43 bits per heavy atom. The van der Waals surface area contributed by atoms with Gasteiger partial charge in [0.1, 0.15) is 11.4 Å². The zero-order valence-corrected chi connectivity index (χ0v) is 16.6. The maximum atomic E-state index is 13.2. The van der Waals surface area contributed by atoms with E-state index in [4.69, 9.17) is 0 Å². The van der Waals surface area contributed by atoms with E-state index in [2.05, 4.69) is 15.7 Å². The first kappa shape index (κ1) is 20.0. The molecule has 1 aliphatic rings. The summed E-state index contributed by atoms with van der Waals surface area (Å²) in [5, 5.41) is 10.4. The third-order valence-electron chi connectivity index (χ3n) is 5.49. The normalized spacial score (nSPS) is 17.0. The average Bonchev–Trinajstić information content (AvgIpc) is 3.04. The lowest BCUT2D eigenvalue weighted by Crippen LogP contribution is -2.59. The Labute approximate surface area is 164 Å². The van der Waals surface area contributed by atoms with Crippen LogP contribution in [0.3, 0.4) is 0 Å². The molecule has 1 aliphatic carbocycles. The molecular weight excluding hydrogens is 359 g/mol. The Kier molecular flexibility index (Phi) is 5.82. The molecule has 1 aromatic heterocycles. The summed E-state index contributed by atoms with van der Waals surface area (Å²) in [6.07, 6.45) is 5.94. The second-order valence-corrected chi connectivity index (χ2v) is 7.59. The molecule has 28 heavy (non-hydrogen) atoms. The number of benzene rings is 1. The highest BCUT2D eigenvalue weighted by molar-refractivity contribution is 5.91. The fraction of sp³-hybridized carbons (Fsp3) is 0.476. The number of carbonyl (C=O) groups is 2. The highest BCUT2D eigenvalue weighted by Gasteiger charge is 2.40. The highest BCUT2D eigenvalue weighted by Crippen LogP contribution is 2.30. The third-order valence-corrected chi connectivity index (χ3v) is 5.49. The van der Waals surface area contributed by atoms with Crippen LogP contribution in [0.4, 0.5) is 4.39 Å². The highest BCUT2D eigenvalue weighted by atomic mass is 19.1. The predicted octanol–water partition coefficient (Wildman–Crippen LogP) is 3.34. The molecule has 0 aliphatic heterocycles. The summed E-state index contributed by atoms with van der Waals surface area (Å²) in [6, 6.07) is 5.84. The van der Waals surface area contributed by atoms with Crippen LogP contribution in [0.2, 0.25) is 0 Å². The summed E-state index contributed by atoms with van der Waals surface area (Å²) >= 11 is 0. The molecule has 0 saturated heterocycles. The van der Waals surface area contributed by atoms with Crippen molar-refractivity contribution in [3.05, 3.63) is 47.5 Å². The van der Waals surface area contributed by atoms with Crippen LogP contribution in [0.25, 0.3) is 5.69 Å². The fourth-order valence-corrected chi connectivity index (χ4v) is 4.00. The Morgan fingerprint density at radius 2 is 1.82 bits per heavy atom. The van der Waals surface area contributed by atoms with Gasteiger partial charge in [0.15, 0.2) is 0 Å². The lowest BCUT2D eigenvalue weighted by atomic mass is 9.80. The molecule has 2 N–H and O–H groups in total. The quantitative estimate of drug-likeness (QED) is 0.828. The van der Waals surface area contributed by atoms with Crippen molar-refractivity contribution < 1.29 is 14.0 Å². The Balaban J connectivity index is 1.78. The van der Waals surface area contributed by atoms with Crippen LogP contribution in [0.1, 0.15) is 63.3 Å². The minimum absolute atomic E-state index is 0.149. The van der Waals surface area contributed by atoms with Crippen molar-refractivity contribution in [3.63, 3.8) is 0 Å². The Hall–Kier alpha value is -2.70. The van der Waals surface area contributed by atoms with Gasteiger partial charge < -0.3 is 10.6 Å². The molecular formula is C21H27FN4O2. The van der Waals surface area contributed by atoms with Crippen LogP contribution in [-0.4, -0.2) is 27.1 Å². The van der Waals surface area contributed by atoms with E-state index < -0.39 is 5.54 Å². The van der Waals surface area contributed by atoms with E-state index in [9.17, 15) is 14.0 Å². The molecule has 0 radical (unpaired) electrons. The van der Waals surface area contributed by atoms with Gasteiger partial charge in [0.25, 0.3) is 0 Å². The number of hydrogen-bond donors (Lipinski definition) is 2. The Bertz CT molecular complexity index is 854. The van der Waals surface area contributed by atoms with Crippen molar-refractivity contribution in [2.75, 3.05) is 0 Å². The number of amides is 2. The van der Waals surface area contributed by atoms with Crippen LogP contribution in [0.15, 0.2) is 30.5 Å². The summed E-state index contributed by atoms with van der Waals surface area (Å²) in [5.41, 5.74) is 1.67. The SMILES string of the molecule is CC(=O)NC1(C(=O)NC(C)c2cnn(-c3ccc(F)cc3)c2C)CCCCC1. The molecule has 0 spiro atoms. The van der Waals surface area contributed by atoms with Crippen LogP contribution >= 0.6 is 0 Å². The lowest BCUT2D eigenvalue weighted by molar-refractivity contribution is -0.134. The fourth-order valence-electron chi connectivity index (χ4n) is 4.00. The molecule has 1 saturated carbocycles. The minimum atomic E-state index is -0.834. The molecule has 2 amide bonds. The van der Waals surface area contributed by atoms with Crippen molar-refractivity contribution >= 4 is 11.8 Å². The Morgan fingerprint density at radius 1 is 1.18 bits per heavy atom. The van der Waals surface area contributed by atoms with Crippen molar-refractivity contribution in [2.24, 2.45) is 0 Å². The van der Waals surface area contributed by atoms with Gasteiger partial charge in [-0.1, -0.05) is 19.3 Å². The van der Waals surface area contributed by atoms with E-state index in [1.54, 1.807) is 23.0 Å². The topological polar surface area (TPSA) is 76.0 Å². The van der Waals surface area contributed by atoms with Crippen LogP contribution in [-0.2, 0) is 9.59 Å². The van der Waals surface area contributed by atoms with Gasteiger partial charge in [0.2, 0.25) is 11.8 Å². The molecule has 3 rings (SSSR count). The van der Waals surface area contributed by atoms with Gasteiger partial charge in [-0.15, -0.1) is 0 Å². The first-order valence-corrected chi connectivity index (χ1v) is 9.72. The molecule has 1 aromatic carbocycles. The van der Waals surface area contributed by atoms with Crippen molar-refractivity contribution in [1.82, 2.24) is 20.4 Å². The standard InChI is InChI=1S/C21H27FN4O2/c1-14(24-20(28)21(25-16(3)27)11-5-4-6-12-21)19-13-23-26(15(19)2)18-9-7-17(22)8-10-18/h7-10,13-14H,4-6,11-12H2,1-3H3,(H,24,28)(H,25,27). The van der Waals surface area contributed by atoms with Crippen LogP contribution < -0.4 is 10.6 Å². The second kappa shape index (κ2) is 8.12. The van der Waals surface area contributed by atoms with E-state index in [-0.39, 0.29) is 23.7 Å². The number of hydrogen-bond acceptors (Lipinski definition) is 3. The first-order chi connectivity index (χ1) is 13.3. The molecule has 0 bridgehead atoms. The number of halogens is 1.